The van der Waals surface area contributed by atoms with Gasteiger partial charge in [-0.15, -0.1) is 10.2 Å². The van der Waals surface area contributed by atoms with Crippen LogP contribution in [0.3, 0.4) is 0 Å². The first kappa shape index (κ1) is 20.5. The summed E-state index contributed by atoms with van der Waals surface area (Å²) in [5.74, 6) is 2.41. The van der Waals surface area contributed by atoms with Crippen molar-refractivity contribution in [1.82, 2.24) is 24.1 Å². The Bertz CT molecular complexity index is 1090. The Morgan fingerprint density at radius 1 is 1.03 bits per heavy atom. The molecule has 0 radical (unpaired) electrons. The molecule has 0 N–H and O–H groups in total. The molecule has 30 heavy (non-hydrogen) atoms. The fourth-order valence-electron chi connectivity index (χ4n) is 3.24. The highest BCUT2D eigenvalue weighted by Crippen LogP contribution is 2.25. The second kappa shape index (κ2) is 8.52. The van der Waals surface area contributed by atoms with Crippen LogP contribution in [0.25, 0.3) is 5.65 Å². The number of thioether (sulfide) groups is 1. The standard InChI is InChI=1S/C23H27N5OS/c1-5-28-21(15-29-19-11-9-17(10-12-19)23(2,3)4)25-26-22(28)30-16-18-14-27-13-7-6-8-20(27)24-18/h6-14H,5,15-16H2,1-4H3. The van der Waals surface area contributed by atoms with E-state index in [2.05, 4.69) is 65.8 Å². The van der Waals surface area contributed by atoms with E-state index in [0.29, 0.717) is 6.61 Å². The fourth-order valence-corrected chi connectivity index (χ4v) is 4.15. The molecule has 0 bridgehead atoms. The number of fused-ring (bicyclic) bond motifs is 1. The number of pyridine rings is 1. The maximum Gasteiger partial charge on any atom is 0.191 e. The molecule has 0 unspecified atom stereocenters. The highest BCUT2D eigenvalue weighted by atomic mass is 32.2. The lowest BCUT2D eigenvalue weighted by Gasteiger charge is -2.19. The minimum atomic E-state index is 0.133. The van der Waals surface area contributed by atoms with Crippen LogP contribution >= 0.6 is 11.8 Å². The molecule has 4 rings (SSSR count). The summed E-state index contributed by atoms with van der Waals surface area (Å²) in [6, 6.07) is 14.3. The molecule has 0 aliphatic carbocycles. The molecule has 0 aliphatic rings. The normalized spacial score (nSPS) is 11.9. The van der Waals surface area contributed by atoms with Crippen molar-refractivity contribution in [3.05, 3.63) is 71.9 Å². The topological polar surface area (TPSA) is 57.2 Å². The predicted molar refractivity (Wildman–Crippen MR) is 120 cm³/mol. The number of rotatable bonds is 7. The third-order valence-corrected chi connectivity index (χ3v) is 5.96. The summed E-state index contributed by atoms with van der Waals surface area (Å²) < 4.78 is 10.1. The zero-order valence-corrected chi connectivity index (χ0v) is 18.7. The lowest BCUT2D eigenvalue weighted by molar-refractivity contribution is 0.288. The maximum atomic E-state index is 5.97. The summed E-state index contributed by atoms with van der Waals surface area (Å²) in [6.45, 7) is 9.90. The minimum Gasteiger partial charge on any atom is -0.486 e. The van der Waals surface area contributed by atoms with E-state index in [-0.39, 0.29) is 5.41 Å². The Morgan fingerprint density at radius 3 is 2.53 bits per heavy atom. The van der Waals surface area contributed by atoms with Gasteiger partial charge in [0, 0.05) is 24.7 Å². The first-order chi connectivity index (χ1) is 14.4. The minimum absolute atomic E-state index is 0.133. The number of nitrogens with zero attached hydrogens (tertiary/aromatic N) is 5. The van der Waals surface area contributed by atoms with Crippen molar-refractivity contribution >= 4 is 17.4 Å². The summed E-state index contributed by atoms with van der Waals surface area (Å²) in [4.78, 5) is 4.65. The van der Waals surface area contributed by atoms with E-state index in [1.807, 2.05) is 40.9 Å². The van der Waals surface area contributed by atoms with E-state index in [9.17, 15) is 0 Å². The lowest BCUT2D eigenvalue weighted by atomic mass is 9.87. The zero-order chi connectivity index (χ0) is 21.1. The van der Waals surface area contributed by atoms with Gasteiger partial charge in [-0.05, 0) is 42.2 Å². The maximum absolute atomic E-state index is 5.97. The number of aromatic nitrogens is 5. The molecule has 0 amide bonds. The van der Waals surface area contributed by atoms with E-state index < -0.39 is 0 Å². The van der Waals surface area contributed by atoms with Crippen molar-refractivity contribution in [2.24, 2.45) is 0 Å². The summed E-state index contributed by atoms with van der Waals surface area (Å²) >= 11 is 1.65. The first-order valence-electron chi connectivity index (χ1n) is 10.1. The third-order valence-electron chi connectivity index (χ3n) is 4.96. The summed E-state index contributed by atoms with van der Waals surface area (Å²) in [6.07, 6.45) is 4.06. The quantitative estimate of drug-likeness (QED) is 0.388. The molecule has 0 aliphatic heterocycles. The van der Waals surface area contributed by atoms with Crippen LogP contribution in [-0.4, -0.2) is 24.1 Å². The molecule has 7 heteroatoms. The van der Waals surface area contributed by atoms with Crippen LogP contribution in [0.2, 0.25) is 0 Å². The smallest absolute Gasteiger partial charge is 0.191 e. The molecule has 6 nitrogen and oxygen atoms in total. The Balaban J connectivity index is 1.40. The van der Waals surface area contributed by atoms with Crippen molar-refractivity contribution in [2.45, 2.75) is 57.2 Å². The number of imidazole rings is 1. The van der Waals surface area contributed by atoms with Gasteiger partial charge in [-0.25, -0.2) is 4.98 Å². The molecule has 4 aromatic rings. The van der Waals surface area contributed by atoms with Gasteiger partial charge in [-0.2, -0.15) is 0 Å². The summed E-state index contributed by atoms with van der Waals surface area (Å²) in [5, 5.41) is 9.62. The van der Waals surface area contributed by atoms with Crippen molar-refractivity contribution in [3.63, 3.8) is 0 Å². The van der Waals surface area contributed by atoms with Gasteiger partial charge in [0.1, 0.15) is 18.0 Å². The van der Waals surface area contributed by atoms with Gasteiger partial charge in [0.2, 0.25) is 0 Å². The third kappa shape index (κ3) is 4.51. The zero-order valence-electron chi connectivity index (χ0n) is 17.9. The molecule has 156 valence electrons. The average molecular weight is 422 g/mol. The fraction of sp³-hybridized carbons (Fsp3) is 0.348. The molecular weight excluding hydrogens is 394 g/mol. The van der Waals surface area contributed by atoms with Crippen molar-refractivity contribution < 1.29 is 4.74 Å². The second-order valence-corrected chi connectivity index (χ2v) is 9.14. The summed E-state index contributed by atoms with van der Waals surface area (Å²) in [5.41, 5.74) is 3.40. The molecular formula is C23H27N5OS. The van der Waals surface area contributed by atoms with Crippen LogP contribution in [0, 0.1) is 0 Å². The van der Waals surface area contributed by atoms with Crippen LogP contribution < -0.4 is 4.74 Å². The van der Waals surface area contributed by atoms with E-state index in [1.54, 1.807) is 11.8 Å². The molecule has 0 saturated heterocycles. The van der Waals surface area contributed by atoms with Crippen LogP contribution in [-0.2, 0) is 24.3 Å². The van der Waals surface area contributed by atoms with Crippen molar-refractivity contribution in [3.8, 4) is 5.75 Å². The van der Waals surface area contributed by atoms with Gasteiger partial charge in [0.25, 0.3) is 0 Å². The highest BCUT2D eigenvalue weighted by molar-refractivity contribution is 7.98. The van der Waals surface area contributed by atoms with Crippen LogP contribution in [0.1, 0.15) is 44.8 Å². The van der Waals surface area contributed by atoms with E-state index in [1.165, 1.54) is 5.56 Å². The van der Waals surface area contributed by atoms with Gasteiger partial charge in [0.05, 0.1) is 5.69 Å². The summed E-state index contributed by atoms with van der Waals surface area (Å²) in [7, 11) is 0. The SMILES string of the molecule is CCn1c(COc2ccc(C(C)(C)C)cc2)nnc1SCc1cn2ccccc2n1. The second-order valence-electron chi connectivity index (χ2n) is 8.19. The Kier molecular flexibility index (Phi) is 5.81. The Labute approximate surface area is 181 Å². The lowest BCUT2D eigenvalue weighted by Crippen LogP contribution is -2.11. The van der Waals surface area contributed by atoms with E-state index in [0.717, 1.165) is 40.4 Å². The molecule has 0 saturated carbocycles. The van der Waals surface area contributed by atoms with E-state index >= 15 is 0 Å². The van der Waals surface area contributed by atoms with Crippen molar-refractivity contribution in [2.75, 3.05) is 0 Å². The van der Waals surface area contributed by atoms with Crippen LogP contribution in [0.5, 0.6) is 5.75 Å². The number of benzene rings is 1. The molecule has 3 heterocycles. The first-order valence-corrected chi connectivity index (χ1v) is 11.1. The monoisotopic (exact) mass is 421 g/mol. The Morgan fingerprint density at radius 2 is 1.83 bits per heavy atom. The van der Waals surface area contributed by atoms with Gasteiger partial charge in [-0.3, -0.25) is 0 Å². The molecule has 0 spiro atoms. The highest BCUT2D eigenvalue weighted by Gasteiger charge is 2.15. The molecule has 1 aromatic carbocycles. The van der Waals surface area contributed by atoms with E-state index in [4.69, 9.17) is 4.74 Å². The Hall–Kier alpha value is -2.80. The van der Waals surface area contributed by atoms with Gasteiger partial charge >= 0.3 is 0 Å². The van der Waals surface area contributed by atoms with Gasteiger partial charge < -0.3 is 13.7 Å². The molecule has 3 aromatic heterocycles. The van der Waals surface area contributed by atoms with Crippen molar-refractivity contribution in [1.29, 1.82) is 0 Å². The van der Waals surface area contributed by atoms with Gasteiger partial charge in [-0.1, -0.05) is 50.7 Å². The predicted octanol–water partition coefficient (Wildman–Crippen LogP) is 5.11. The number of hydrogen-bond donors (Lipinski definition) is 0. The molecule has 0 fully saturated rings. The molecule has 0 atom stereocenters. The number of hydrogen-bond acceptors (Lipinski definition) is 5. The van der Waals surface area contributed by atoms with Crippen LogP contribution in [0.15, 0.2) is 60.0 Å². The number of ether oxygens (including phenoxy) is 1. The van der Waals surface area contributed by atoms with Crippen LogP contribution in [0.4, 0.5) is 0 Å². The van der Waals surface area contributed by atoms with Gasteiger partial charge in [0.15, 0.2) is 11.0 Å². The largest absolute Gasteiger partial charge is 0.486 e. The average Bonchev–Trinajstić information content (AvgIpc) is 3.33.